The lowest BCUT2D eigenvalue weighted by Crippen LogP contribution is -2.49. The lowest BCUT2D eigenvalue weighted by atomic mass is 9.62. The van der Waals surface area contributed by atoms with E-state index in [0.717, 1.165) is 100 Å². The second-order valence-corrected chi connectivity index (χ2v) is 18.0. The lowest BCUT2D eigenvalue weighted by Gasteiger charge is -2.50. The molecule has 3 aliphatic heterocycles. The van der Waals surface area contributed by atoms with E-state index in [0.29, 0.717) is 23.8 Å². The molecule has 290 valence electrons. The number of hydrogen-bond donors (Lipinski definition) is 1. The van der Waals surface area contributed by atoms with Gasteiger partial charge in [-0.1, -0.05) is 36.7 Å². The highest BCUT2D eigenvalue weighted by molar-refractivity contribution is 7.90. The third kappa shape index (κ3) is 8.35. The Bertz CT molecular complexity index is 1950. The maximum atomic E-state index is 13.6. The van der Waals surface area contributed by atoms with Crippen molar-refractivity contribution in [3.8, 4) is 5.75 Å². The van der Waals surface area contributed by atoms with Crippen molar-refractivity contribution in [3.05, 3.63) is 99.9 Å². The Morgan fingerprint density at radius 1 is 1.02 bits per heavy atom. The van der Waals surface area contributed by atoms with Crippen molar-refractivity contribution in [3.63, 3.8) is 0 Å². The summed E-state index contributed by atoms with van der Waals surface area (Å²) in [7, 11) is -2.21. The molecular formula is C42H53ClN4O6S. The predicted octanol–water partition coefficient (Wildman–Crippen LogP) is 6.90. The fraction of sp³-hybridized carbons (Fsp3) is 0.524. The predicted molar refractivity (Wildman–Crippen MR) is 211 cm³/mol. The number of pyridine rings is 1. The van der Waals surface area contributed by atoms with Crippen LogP contribution in [0.25, 0.3) is 0 Å². The van der Waals surface area contributed by atoms with Gasteiger partial charge in [-0.25, -0.2) is 13.1 Å². The van der Waals surface area contributed by atoms with Crippen LogP contribution < -0.4 is 14.4 Å². The van der Waals surface area contributed by atoms with Gasteiger partial charge in [0.05, 0.1) is 24.2 Å². The fourth-order valence-electron chi connectivity index (χ4n) is 8.53. The molecule has 5 atom stereocenters. The van der Waals surface area contributed by atoms with Crippen LogP contribution in [0.4, 0.5) is 5.69 Å². The highest BCUT2D eigenvalue weighted by atomic mass is 35.5. The Morgan fingerprint density at radius 2 is 1.85 bits per heavy atom. The molecule has 1 amide bonds. The number of sulfonamides is 1. The zero-order valence-corrected chi connectivity index (χ0v) is 33.2. The van der Waals surface area contributed by atoms with Crippen LogP contribution in [0.1, 0.15) is 78.6 Å². The summed E-state index contributed by atoms with van der Waals surface area (Å²) in [4.78, 5) is 23.1. The van der Waals surface area contributed by atoms with Crippen molar-refractivity contribution in [1.82, 2.24) is 14.6 Å². The minimum atomic E-state index is -3.99. The number of nitrogens with one attached hydrogen (secondary N) is 1. The van der Waals surface area contributed by atoms with E-state index in [1.54, 1.807) is 32.2 Å². The summed E-state index contributed by atoms with van der Waals surface area (Å²) >= 11 is 6.41. The largest absolute Gasteiger partial charge is 0.487 e. The number of aromatic nitrogens is 1. The number of benzene rings is 2. The van der Waals surface area contributed by atoms with Gasteiger partial charge in [-0.2, -0.15) is 0 Å². The summed E-state index contributed by atoms with van der Waals surface area (Å²) < 4.78 is 48.5. The van der Waals surface area contributed by atoms with E-state index in [2.05, 4.69) is 32.7 Å². The first-order chi connectivity index (χ1) is 26.1. The molecule has 1 saturated heterocycles. The second kappa shape index (κ2) is 16.7. The summed E-state index contributed by atoms with van der Waals surface area (Å²) in [5.74, 6) is 0.121. The Kier molecular flexibility index (Phi) is 12.0. The second-order valence-electron chi connectivity index (χ2n) is 15.5. The molecule has 3 aromatic rings. The number of nitrogens with zero attached hydrogens (tertiary/aromatic N) is 3. The highest BCUT2D eigenvalue weighted by Gasteiger charge is 2.49. The van der Waals surface area contributed by atoms with Crippen LogP contribution in [-0.2, 0) is 44.7 Å². The standard InChI is InChI=1S/C42H53ClN4O6S/c1-29-7-6-15-42(51-3,36-21-31(24-44-25-36)26-46-17-19-52-20-18-46)38-13-10-34(38)27-47-16-5-4-8-32-22-37(43)12-9-35(32)28-53-40-14-11-33(23-39(40)47)41(48)45-54(49,50)30(29)2/h6,9,11-12,14-15,21-25,29-30,34,38H,4-5,7-8,10,13,16-20,26-28H2,1-3H3,(H,45,48)/b15-6+/t29-,30+,34-,38+,42-/m0/s1. The number of rotatable bonds is 4. The van der Waals surface area contributed by atoms with Gasteiger partial charge in [0.2, 0.25) is 10.0 Å². The topological polar surface area (TPSA) is 110 Å². The first kappa shape index (κ1) is 38.8. The maximum Gasteiger partial charge on any atom is 0.264 e. The van der Waals surface area contributed by atoms with Crippen molar-refractivity contribution in [2.24, 2.45) is 17.8 Å². The van der Waals surface area contributed by atoms with Gasteiger partial charge in [-0.15, -0.1) is 0 Å². The Morgan fingerprint density at radius 3 is 2.63 bits per heavy atom. The zero-order valence-electron chi connectivity index (χ0n) is 31.6. The molecule has 2 fully saturated rings. The zero-order chi connectivity index (χ0) is 37.9. The molecule has 7 rings (SSSR count). The number of allylic oxidation sites excluding steroid dienone is 1. The minimum absolute atomic E-state index is 0.129. The van der Waals surface area contributed by atoms with E-state index < -0.39 is 26.8 Å². The molecule has 10 nitrogen and oxygen atoms in total. The Labute approximate surface area is 325 Å². The summed E-state index contributed by atoms with van der Waals surface area (Å²) in [6, 6.07) is 13.4. The molecule has 2 bridgehead atoms. The normalized spacial score (nSPS) is 28.6. The number of halogens is 1. The lowest BCUT2D eigenvalue weighted by molar-refractivity contribution is -0.0806. The quantitative estimate of drug-likeness (QED) is 0.283. The first-order valence-electron chi connectivity index (χ1n) is 19.4. The van der Waals surface area contributed by atoms with Crippen molar-refractivity contribution >= 4 is 33.2 Å². The van der Waals surface area contributed by atoms with E-state index in [4.69, 9.17) is 30.8 Å². The Hall–Kier alpha value is -3.48. The number of fused-ring (bicyclic) bond motifs is 3. The van der Waals surface area contributed by atoms with E-state index in [1.165, 1.54) is 5.56 Å². The first-order valence-corrected chi connectivity index (χ1v) is 21.3. The third-order valence-corrected chi connectivity index (χ3v) is 14.3. The monoisotopic (exact) mass is 776 g/mol. The summed E-state index contributed by atoms with van der Waals surface area (Å²) in [5.41, 5.74) is 4.66. The number of ether oxygens (including phenoxy) is 3. The van der Waals surface area contributed by atoms with E-state index in [1.807, 2.05) is 37.5 Å². The van der Waals surface area contributed by atoms with Gasteiger partial charge in [0.1, 0.15) is 18.0 Å². The van der Waals surface area contributed by atoms with Gasteiger partial charge >= 0.3 is 0 Å². The van der Waals surface area contributed by atoms with E-state index in [9.17, 15) is 13.2 Å². The molecule has 54 heavy (non-hydrogen) atoms. The number of morpholine rings is 1. The van der Waals surface area contributed by atoms with Crippen LogP contribution in [-0.4, -0.2) is 76.0 Å². The van der Waals surface area contributed by atoms with Crippen molar-refractivity contribution in [2.75, 3.05) is 51.4 Å². The van der Waals surface area contributed by atoms with E-state index >= 15 is 0 Å². The summed E-state index contributed by atoms with van der Waals surface area (Å²) in [6.07, 6.45) is 13.3. The maximum absolute atomic E-state index is 13.6. The highest BCUT2D eigenvalue weighted by Crippen LogP contribution is 2.51. The van der Waals surface area contributed by atoms with Crippen molar-refractivity contribution in [2.45, 2.75) is 76.4 Å². The van der Waals surface area contributed by atoms with Crippen molar-refractivity contribution < 1.29 is 27.4 Å². The van der Waals surface area contributed by atoms with Gasteiger partial charge in [0.25, 0.3) is 5.91 Å². The van der Waals surface area contributed by atoms with Crippen molar-refractivity contribution in [1.29, 1.82) is 0 Å². The molecule has 4 aliphatic rings. The number of carbonyl (C=O) groups is 1. The minimum Gasteiger partial charge on any atom is -0.487 e. The summed E-state index contributed by atoms with van der Waals surface area (Å²) in [5, 5.41) is -0.114. The third-order valence-electron chi connectivity index (χ3n) is 12.2. The number of methoxy groups -OCH3 is 1. The van der Waals surface area contributed by atoms with Crippen LogP contribution in [0.3, 0.4) is 0 Å². The molecule has 12 heteroatoms. The molecule has 2 aromatic carbocycles. The summed E-state index contributed by atoms with van der Waals surface area (Å²) in [6.45, 7) is 9.38. The average Bonchev–Trinajstić information content (AvgIpc) is 3.18. The van der Waals surface area contributed by atoms with Gasteiger partial charge in [0.15, 0.2) is 0 Å². The molecule has 0 spiro atoms. The molecule has 1 saturated carbocycles. The van der Waals surface area contributed by atoms with Crippen LogP contribution >= 0.6 is 11.6 Å². The van der Waals surface area contributed by atoms with Crippen LogP contribution in [0.15, 0.2) is 67.0 Å². The number of amides is 1. The Balaban J connectivity index is 1.29. The molecule has 1 aromatic heterocycles. The number of carbonyl (C=O) groups excluding carboxylic acids is 1. The number of anilines is 1. The fourth-order valence-corrected chi connectivity index (χ4v) is 10.0. The van der Waals surface area contributed by atoms with Gasteiger partial charge < -0.3 is 19.1 Å². The molecule has 1 aliphatic carbocycles. The van der Waals surface area contributed by atoms with Crippen LogP contribution in [0.2, 0.25) is 5.02 Å². The average molecular weight is 777 g/mol. The van der Waals surface area contributed by atoms with E-state index in [-0.39, 0.29) is 23.3 Å². The number of aryl methyl sites for hydroxylation is 1. The van der Waals surface area contributed by atoms with Gasteiger partial charge in [0, 0.05) is 74.3 Å². The van der Waals surface area contributed by atoms with Crippen LogP contribution in [0, 0.1) is 17.8 Å². The molecule has 1 N–H and O–H groups in total. The molecule has 0 unspecified atom stereocenters. The SMILES string of the molecule is CO[C@]1(c2cncc(CN3CCOCC3)c2)/C=C/C[C@H](C)[C@@H](C)S(=O)(=O)NC(=O)c2ccc3c(c2)N(CCCCc2cc(Cl)ccc2CO3)C[C@@H]2CC[C@H]21. The smallest absolute Gasteiger partial charge is 0.264 e. The van der Waals surface area contributed by atoms with Gasteiger partial charge in [-0.3, -0.25) is 14.7 Å². The molecule has 0 radical (unpaired) electrons. The molecule has 4 heterocycles. The number of hydrogen-bond acceptors (Lipinski definition) is 9. The van der Waals surface area contributed by atoms with Crippen LogP contribution in [0.5, 0.6) is 5.75 Å². The molecular weight excluding hydrogens is 724 g/mol. The van der Waals surface area contributed by atoms with Gasteiger partial charge in [-0.05, 0) is 110 Å².